The van der Waals surface area contributed by atoms with Gasteiger partial charge >= 0.3 is 11.8 Å². The van der Waals surface area contributed by atoms with Gasteiger partial charge in [-0.15, -0.1) is 10.2 Å². The number of carbonyl (C=O) groups is 2. The summed E-state index contributed by atoms with van der Waals surface area (Å²) in [5.74, 6) is -2.88. The molecule has 0 atom stereocenters. The van der Waals surface area contributed by atoms with Gasteiger partial charge in [-0.25, -0.2) is 9.37 Å². The zero-order valence-corrected chi connectivity index (χ0v) is 20.7. The summed E-state index contributed by atoms with van der Waals surface area (Å²) in [7, 11) is 1.34. The average Bonchev–Trinajstić information content (AvgIpc) is 3.17. The molecule has 0 aliphatic heterocycles. The number of aromatic hydroxyl groups is 1. The molecule has 3 N–H and O–H groups in total. The predicted octanol–water partition coefficient (Wildman–Crippen LogP) is 0.531. The summed E-state index contributed by atoms with van der Waals surface area (Å²) in [4.78, 5) is 41.7. The van der Waals surface area contributed by atoms with Crippen LogP contribution in [0.15, 0.2) is 33.5 Å². The van der Waals surface area contributed by atoms with Crippen molar-refractivity contribution < 1.29 is 23.5 Å². The smallest absolute Gasteiger partial charge is 0.309 e. The maximum Gasteiger partial charge on any atom is 0.309 e. The summed E-state index contributed by atoms with van der Waals surface area (Å²) in [5.41, 5.74) is -2.06. The number of hydrogen-bond donors (Lipinski definition) is 3. The molecule has 2 radical (unpaired) electrons. The number of benzene rings is 1. The van der Waals surface area contributed by atoms with Crippen LogP contribution in [0.5, 0.6) is 5.75 Å². The molecule has 0 saturated heterocycles. The first-order valence-corrected chi connectivity index (χ1v) is 9.45. The number of halogens is 1. The second kappa shape index (κ2) is 10.4. The number of aryl methyl sites for hydroxylation is 1. The molecule has 13 heteroatoms. The van der Waals surface area contributed by atoms with Crippen LogP contribution in [0, 0.1) is 12.7 Å². The minimum Gasteiger partial charge on any atom is -0.501 e. The minimum atomic E-state index is -1.27. The molecule has 0 aliphatic rings. The second-order valence-electron chi connectivity index (χ2n) is 7.51. The number of amides is 2. The SMILES string of the molecule is Cc1nnc(C(=O)NC(C)(C)c2nc(C(=O)NCc3ccc(F)cc3)c(O)c(=O)n2C)o1.[Ca]. The van der Waals surface area contributed by atoms with Crippen LogP contribution in [0.25, 0.3) is 0 Å². The summed E-state index contributed by atoms with van der Waals surface area (Å²) in [6, 6.07) is 5.44. The summed E-state index contributed by atoms with van der Waals surface area (Å²) in [6.07, 6.45) is 0. The van der Waals surface area contributed by atoms with Gasteiger partial charge in [0.1, 0.15) is 11.6 Å². The van der Waals surface area contributed by atoms with E-state index >= 15 is 0 Å². The Hall–Kier alpha value is -2.83. The van der Waals surface area contributed by atoms with Gasteiger partial charge in [0.05, 0.1) is 5.54 Å². The Labute approximate surface area is 217 Å². The zero-order chi connectivity index (χ0) is 23.6. The second-order valence-corrected chi connectivity index (χ2v) is 7.51. The van der Waals surface area contributed by atoms with Crippen molar-refractivity contribution in [3.63, 3.8) is 0 Å². The van der Waals surface area contributed by atoms with E-state index in [1.54, 1.807) is 13.8 Å². The van der Waals surface area contributed by atoms with Crippen molar-refractivity contribution in [1.29, 1.82) is 0 Å². The molecule has 2 aromatic heterocycles. The van der Waals surface area contributed by atoms with E-state index in [4.69, 9.17) is 4.42 Å². The Balaban J connectivity index is 0.00000385. The molecular weight excluding hydrogens is 463 g/mol. The Morgan fingerprint density at radius 1 is 1.18 bits per heavy atom. The molecular formula is C20H21CaFN6O5. The molecule has 0 spiro atoms. The molecule has 2 amide bonds. The molecule has 170 valence electrons. The van der Waals surface area contributed by atoms with Gasteiger partial charge in [0, 0.05) is 58.3 Å². The molecule has 0 fully saturated rings. The molecule has 33 heavy (non-hydrogen) atoms. The van der Waals surface area contributed by atoms with Crippen LogP contribution in [0.4, 0.5) is 4.39 Å². The monoisotopic (exact) mass is 484 g/mol. The molecule has 0 saturated carbocycles. The number of carbonyl (C=O) groups excluding carboxylic acids is 2. The molecule has 1 aromatic carbocycles. The summed E-state index contributed by atoms with van der Waals surface area (Å²) < 4.78 is 19.1. The number of nitrogens with zero attached hydrogens (tertiary/aromatic N) is 4. The normalized spacial score (nSPS) is 10.9. The average molecular weight is 485 g/mol. The van der Waals surface area contributed by atoms with E-state index in [2.05, 4.69) is 25.8 Å². The fraction of sp³-hybridized carbons (Fsp3) is 0.300. The Bertz CT molecular complexity index is 1240. The van der Waals surface area contributed by atoms with Gasteiger partial charge in [-0.3, -0.25) is 19.0 Å². The van der Waals surface area contributed by atoms with Crippen molar-refractivity contribution >= 4 is 49.6 Å². The van der Waals surface area contributed by atoms with E-state index < -0.39 is 40.2 Å². The molecule has 0 unspecified atom stereocenters. The van der Waals surface area contributed by atoms with E-state index in [0.29, 0.717) is 5.56 Å². The van der Waals surface area contributed by atoms with E-state index in [1.165, 1.54) is 38.2 Å². The fourth-order valence-corrected chi connectivity index (χ4v) is 2.96. The van der Waals surface area contributed by atoms with Crippen molar-refractivity contribution in [3.8, 4) is 5.75 Å². The van der Waals surface area contributed by atoms with Crippen LogP contribution in [0.2, 0.25) is 0 Å². The zero-order valence-electron chi connectivity index (χ0n) is 18.5. The first-order valence-electron chi connectivity index (χ1n) is 9.45. The molecule has 0 bridgehead atoms. The van der Waals surface area contributed by atoms with Crippen molar-refractivity contribution in [2.45, 2.75) is 32.9 Å². The summed E-state index contributed by atoms with van der Waals surface area (Å²) in [5, 5.41) is 22.6. The van der Waals surface area contributed by atoms with Crippen molar-refractivity contribution in [2.75, 3.05) is 0 Å². The third-order valence-corrected chi connectivity index (χ3v) is 4.55. The topological polar surface area (TPSA) is 152 Å². The van der Waals surface area contributed by atoms with Crippen LogP contribution in [-0.2, 0) is 19.1 Å². The number of hydrogen-bond acceptors (Lipinski definition) is 8. The third-order valence-electron chi connectivity index (χ3n) is 4.55. The largest absolute Gasteiger partial charge is 0.501 e. The number of nitrogens with one attached hydrogen (secondary N) is 2. The third kappa shape index (κ3) is 5.95. The Morgan fingerprint density at radius 2 is 1.82 bits per heavy atom. The maximum absolute atomic E-state index is 13.0. The number of rotatable bonds is 6. The predicted molar refractivity (Wildman–Crippen MR) is 114 cm³/mol. The van der Waals surface area contributed by atoms with E-state index in [0.717, 1.165) is 4.57 Å². The quantitative estimate of drug-likeness (QED) is 0.429. The Kier molecular flexibility index (Phi) is 8.33. The summed E-state index contributed by atoms with van der Waals surface area (Å²) >= 11 is 0. The van der Waals surface area contributed by atoms with Gasteiger partial charge in [-0.2, -0.15) is 0 Å². The van der Waals surface area contributed by atoms with Crippen LogP contribution < -0.4 is 16.2 Å². The van der Waals surface area contributed by atoms with Crippen molar-refractivity contribution in [2.24, 2.45) is 7.05 Å². The first kappa shape index (κ1) is 26.4. The van der Waals surface area contributed by atoms with Gasteiger partial charge < -0.3 is 20.2 Å². The Morgan fingerprint density at radius 3 is 2.39 bits per heavy atom. The molecule has 0 aliphatic carbocycles. The van der Waals surface area contributed by atoms with E-state index in [-0.39, 0.29) is 61.9 Å². The van der Waals surface area contributed by atoms with E-state index in [1.807, 2.05) is 0 Å². The standard InChI is InChI=1S/C20H21FN6O5.Ca/c1-10-25-26-17(32-10)16(30)24-20(2,3)19-23-13(14(28)18(31)27(19)4)15(29)22-9-11-5-7-12(21)8-6-11;/h5-8,28H,9H2,1-4H3,(H,22,29)(H,24,30);. The van der Waals surface area contributed by atoms with Gasteiger partial charge in [0.2, 0.25) is 11.6 Å². The number of aromatic nitrogens is 4. The van der Waals surface area contributed by atoms with Crippen LogP contribution in [-0.4, -0.2) is 74.4 Å². The maximum atomic E-state index is 13.0. The van der Waals surface area contributed by atoms with Crippen molar-refractivity contribution in [1.82, 2.24) is 30.4 Å². The van der Waals surface area contributed by atoms with Gasteiger partial charge in [-0.05, 0) is 31.5 Å². The first-order chi connectivity index (χ1) is 15.0. The molecule has 3 aromatic rings. The van der Waals surface area contributed by atoms with Crippen LogP contribution in [0.3, 0.4) is 0 Å². The van der Waals surface area contributed by atoms with Crippen molar-refractivity contribution in [3.05, 3.63) is 69.3 Å². The molecule has 2 heterocycles. The van der Waals surface area contributed by atoms with Gasteiger partial charge in [0.15, 0.2) is 5.69 Å². The van der Waals surface area contributed by atoms with Crippen LogP contribution >= 0.6 is 0 Å². The molecule has 3 rings (SSSR count). The van der Waals surface area contributed by atoms with Gasteiger partial charge in [0.25, 0.3) is 11.5 Å². The van der Waals surface area contributed by atoms with E-state index in [9.17, 15) is 23.9 Å². The minimum absolute atomic E-state index is 0. The molecule has 11 nitrogen and oxygen atoms in total. The van der Waals surface area contributed by atoms with Crippen LogP contribution in [0.1, 0.15) is 52.3 Å². The fourth-order valence-electron chi connectivity index (χ4n) is 2.96. The summed E-state index contributed by atoms with van der Waals surface area (Å²) in [6.45, 7) is 4.64. The van der Waals surface area contributed by atoms with Gasteiger partial charge in [-0.1, -0.05) is 12.1 Å².